The van der Waals surface area contributed by atoms with Crippen LogP contribution in [0, 0.1) is 24.6 Å². The predicted molar refractivity (Wildman–Crippen MR) is 81.8 cm³/mol. The molecule has 3 atom stereocenters. The van der Waals surface area contributed by atoms with Crippen LogP contribution in [-0.4, -0.2) is 25.3 Å². The number of rotatable bonds is 2. The van der Waals surface area contributed by atoms with Gasteiger partial charge in [0, 0.05) is 18.3 Å². The smallest absolute Gasteiger partial charge is 0.246 e. The highest BCUT2D eigenvalue weighted by Crippen LogP contribution is 2.33. The van der Waals surface area contributed by atoms with Crippen molar-refractivity contribution >= 4 is 15.7 Å². The highest BCUT2D eigenvalue weighted by Gasteiger charge is 2.38. The number of benzene rings is 1. The van der Waals surface area contributed by atoms with Crippen LogP contribution in [0.2, 0.25) is 0 Å². The molecule has 4 nitrogen and oxygen atoms in total. The van der Waals surface area contributed by atoms with E-state index in [1.54, 1.807) is 6.92 Å². The van der Waals surface area contributed by atoms with Crippen molar-refractivity contribution in [3.8, 4) is 0 Å². The molecule has 0 aromatic heterocycles. The molecule has 1 fully saturated rings. The second-order valence-corrected chi connectivity index (χ2v) is 8.13. The normalized spacial score (nSPS) is 27.8. The van der Waals surface area contributed by atoms with Crippen LogP contribution in [0.1, 0.15) is 32.8 Å². The molecule has 1 aromatic carbocycles. The maximum Gasteiger partial charge on any atom is 0.246 e. The first kappa shape index (κ1) is 16.2. The lowest BCUT2D eigenvalue weighted by atomic mass is 9.88. The summed E-state index contributed by atoms with van der Waals surface area (Å²) in [6.07, 6.45) is 0.978. The molecular weight excluding hydrogens is 291 g/mol. The molecule has 0 amide bonds. The SMILES string of the molecule is Cc1cc(F)c(S(=O)(=O)N2CC(C)CC(C)C2C)cc1N. The summed E-state index contributed by atoms with van der Waals surface area (Å²) in [7, 11) is -3.87. The first-order chi connectivity index (χ1) is 9.64. The molecule has 118 valence electrons. The van der Waals surface area contributed by atoms with E-state index in [9.17, 15) is 12.8 Å². The van der Waals surface area contributed by atoms with Crippen molar-refractivity contribution in [3.05, 3.63) is 23.5 Å². The number of sulfonamides is 1. The van der Waals surface area contributed by atoms with Gasteiger partial charge in [0.2, 0.25) is 10.0 Å². The van der Waals surface area contributed by atoms with Crippen LogP contribution in [-0.2, 0) is 10.0 Å². The summed E-state index contributed by atoms with van der Waals surface area (Å²) in [5, 5.41) is 0. The zero-order chi connectivity index (χ0) is 15.9. The van der Waals surface area contributed by atoms with E-state index in [2.05, 4.69) is 0 Å². The molecule has 1 aliphatic heterocycles. The molecule has 0 spiro atoms. The topological polar surface area (TPSA) is 63.4 Å². The fraction of sp³-hybridized carbons (Fsp3) is 0.600. The van der Waals surface area contributed by atoms with Gasteiger partial charge in [0.15, 0.2) is 0 Å². The van der Waals surface area contributed by atoms with Crippen LogP contribution in [0.3, 0.4) is 0 Å². The summed E-state index contributed by atoms with van der Waals surface area (Å²) in [5.74, 6) is -0.231. The Morgan fingerprint density at radius 2 is 1.90 bits per heavy atom. The Bertz CT molecular complexity index is 645. The number of nitrogens with zero attached hydrogens (tertiary/aromatic N) is 1. The second kappa shape index (κ2) is 5.57. The third kappa shape index (κ3) is 2.92. The molecule has 1 saturated heterocycles. The van der Waals surface area contributed by atoms with Crippen molar-refractivity contribution in [1.82, 2.24) is 4.31 Å². The highest BCUT2D eigenvalue weighted by molar-refractivity contribution is 7.89. The number of hydrogen-bond acceptors (Lipinski definition) is 3. The number of halogens is 1. The Morgan fingerprint density at radius 1 is 1.29 bits per heavy atom. The van der Waals surface area contributed by atoms with Gasteiger partial charge in [-0.3, -0.25) is 0 Å². The molecule has 21 heavy (non-hydrogen) atoms. The third-order valence-electron chi connectivity index (χ3n) is 4.45. The summed E-state index contributed by atoms with van der Waals surface area (Å²) >= 11 is 0. The second-order valence-electron chi connectivity index (χ2n) is 6.27. The fourth-order valence-corrected chi connectivity index (χ4v) is 4.90. The quantitative estimate of drug-likeness (QED) is 0.854. The minimum atomic E-state index is -3.87. The van der Waals surface area contributed by atoms with E-state index in [-0.39, 0.29) is 22.8 Å². The average molecular weight is 314 g/mol. The van der Waals surface area contributed by atoms with Crippen molar-refractivity contribution in [2.24, 2.45) is 11.8 Å². The number of hydrogen-bond donors (Lipinski definition) is 1. The molecule has 0 radical (unpaired) electrons. The van der Waals surface area contributed by atoms with Gasteiger partial charge in [-0.15, -0.1) is 0 Å². The van der Waals surface area contributed by atoms with E-state index in [0.717, 1.165) is 6.42 Å². The first-order valence-electron chi connectivity index (χ1n) is 7.22. The van der Waals surface area contributed by atoms with E-state index in [0.29, 0.717) is 17.8 Å². The van der Waals surface area contributed by atoms with Crippen LogP contribution < -0.4 is 5.73 Å². The maximum atomic E-state index is 14.1. The van der Waals surface area contributed by atoms with Gasteiger partial charge >= 0.3 is 0 Å². The van der Waals surface area contributed by atoms with Crippen LogP contribution in [0.5, 0.6) is 0 Å². The lowest BCUT2D eigenvalue weighted by molar-refractivity contribution is 0.157. The molecule has 0 saturated carbocycles. The third-order valence-corrected chi connectivity index (χ3v) is 6.42. The zero-order valence-corrected chi connectivity index (χ0v) is 13.7. The van der Waals surface area contributed by atoms with E-state index in [4.69, 9.17) is 5.73 Å². The molecule has 2 N–H and O–H groups in total. The molecule has 3 unspecified atom stereocenters. The van der Waals surface area contributed by atoms with Gasteiger partial charge < -0.3 is 5.73 Å². The van der Waals surface area contributed by atoms with Crippen LogP contribution >= 0.6 is 0 Å². The van der Waals surface area contributed by atoms with Gasteiger partial charge in [0.25, 0.3) is 0 Å². The molecule has 0 bridgehead atoms. The Balaban J connectivity index is 2.49. The largest absolute Gasteiger partial charge is 0.398 e. The van der Waals surface area contributed by atoms with Gasteiger partial charge in [-0.05, 0) is 49.8 Å². The Labute approximate surface area is 126 Å². The monoisotopic (exact) mass is 314 g/mol. The number of piperidine rings is 1. The Kier molecular flexibility index (Phi) is 4.31. The minimum Gasteiger partial charge on any atom is -0.398 e. The first-order valence-corrected chi connectivity index (χ1v) is 8.66. The molecule has 2 rings (SSSR count). The van der Waals surface area contributed by atoms with E-state index in [1.165, 1.54) is 16.4 Å². The standard InChI is InChI=1S/C15H23FN2O2S/c1-9-5-10(2)12(4)18(8-9)21(19,20)15-7-14(17)11(3)6-13(15)16/h6-7,9-10,12H,5,8,17H2,1-4H3. The molecule has 1 aliphatic rings. The summed E-state index contributed by atoms with van der Waals surface area (Å²) in [4.78, 5) is -0.321. The Morgan fingerprint density at radius 3 is 2.52 bits per heavy atom. The minimum absolute atomic E-state index is 0.145. The molecule has 1 aromatic rings. The maximum absolute atomic E-state index is 14.1. The molecular formula is C15H23FN2O2S. The Hall–Kier alpha value is -1.14. The lowest BCUT2D eigenvalue weighted by Crippen LogP contribution is -2.48. The van der Waals surface area contributed by atoms with Crippen LogP contribution in [0.25, 0.3) is 0 Å². The predicted octanol–water partition coefficient (Wildman–Crippen LogP) is 2.77. The molecule has 1 heterocycles. The number of nitrogen functional groups attached to an aromatic ring is 1. The number of aryl methyl sites for hydroxylation is 1. The molecule has 0 aliphatic carbocycles. The summed E-state index contributed by atoms with van der Waals surface area (Å²) < 4.78 is 41.2. The van der Waals surface area contributed by atoms with Gasteiger partial charge in [-0.25, -0.2) is 12.8 Å². The summed E-state index contributed by atoms with van der Waals surface area (Å²) in [5.41, 5.74) is 6.59. The van der Waals surface area contributed by atoms with Gasteiger partial charge in [0.1, 0.15) is 10.7 Å². The number of anilines is 1. The lowest BCUT2D eigenvalue weighted by Gasteiger charge is -2.40. The van der Waals surface area contributed by atoms with Gasteiger partial charge in [-0.2, -0.15) is 4.31 Å². The van der Waals surface area contributed by atoms with Crippen molar-refractivity contribution in [1.29, 1.82) is 0 Å². The summed E-state index contributed by atoms with van der Waals surface area (Å²) in [6.45, 7) is 8.00. The van der Waals surface area contributed by atoms with E-state index in [1.807, 2.05) is 20.8 Å². The van der Waals surface area contributed by atoms with Crippen molar-refractivity contribution in [2.75, 3.05) is 12.3 Å². The average Bonchev–Trinajstić information content (AvgIpc) is 2.37. The van der Waals surface area contributed by atoms with Gasteiger partial charge in [0.05, 0.1) is 0 Å². The van der Waals surface area contributed by atoms with Crippen molar-refractivity contribution in [2.45, 2.75) is 45.1 Å². The van der Waals surface area contributed by atoms with Crippen LogP contribution in [0.4, 0.5) is 10.1 Å². The fourth-order valence-electron chi connectivity index (χ4n) is 2.97. The zero-order valence-electron chi connectivity index (χ0n) is 12.9. The number of nitrogens with two attached hydrogens (primary N) is 1. The van der Waals surface area contributed by atoms with E-state index < -0.39 is 15.8 Å². The van der Waals surface area contributed by atoms with Crippen molar-refractivity contribution < 1.29 is 12.8 Å². The molecule has 6 heteroatoms. The highest BCUT2D eigenvalue weighted by atomic mass is 32.2. The summed E-state index contributed by atoms with van der Waals surface area (Å²) in [6, 6.07) is 2.27. The van der Waals surface area contributed by atoms with Crippen molar-refractivity contribution in [3.63, 3.8) is 0 Å². The van der Waals surface area contributed by atoms with Crippen LogP contribution in [0.15, 0.2) is 17.0 Å². The van der Waals surface area contributed by atoms with E-state index >= 15 is 0 Å². The van der Waals surface area contributed by atoms with Gasteiger partial charge in [-0.1, -0.05) is 13.8 Å².